The van der Waals surface area contributed by atoms with Crippen LogP contribution in [0.4, 0.5) is 13.2 Å². The van der Waals surface area contributed by atoms with Crippen LogP contribution >= 0.6 is 11.6 Å². The highest BCUT2D eigenvalue weighted by Crippen LogP contribution is 2.35. The van der Waals surface area contributed by atoms with Crippen LogP contribution in [-0.2, 0) is 13.2 Å². The summed E-state index contributed by atoms with van der Waals surface area (Å²) in [5, 5.41) is 9.85. The van der Waals surface area contributed by atoms with Crippen molar-refractivity contribution in [1.82, 2.24) is 25.4 Å². The Kier molecular flexibility index (Phi) is 6.71. The Morgan fingerprint density at radius 2 is 2.09 bits per heavy atom. The summed E-state index contributed by atoms with van der Waals surface area (Å²) in [7, 11) is 1.83. The van der Waals surface area contributed by atoms with Gasteiger partial charge in [0.2, 0.25) is 0 Å². The second kappa shape index (κ2) is 9.52. The number of carbonyl (C=O) groups is 1. The molecule has 1 aliphatic rings. The van der Waals surface area contributed by atoms with Gasteiger partial charge in [0.1, 0.15) is 0 Å². The molecule has 2 atom stereocenters. The number of amides is 1. The van der Waals surface area contributed by atoms with E-state index in [1.165, 1.54) is 6.07 Å². The summed E-state index contributed by atoms with van der Waals surface area (Å²) in [4.78, 5) is 16.4. The van der Waals surface area contributed by atoms with Crippen LogP contribution in [0.2, 0.25) is 5.02 Å². The lowest BCUT2D eigenvalue weighted by atomic mass is 9.91. The molecule has 6 nitrogen and oxygen atoms in total. The minimum absolute atomic E-state index is 0.0745. The van der Waals surface area contributed by atoms with Crippen molar-refractivity contribution in [2.24, 2.45) is 7.05 Å². The van der Waals surface area contributed by atoms with Gasteiger partial charge in [0, 0.05) is 31.0 Å². The van der Waals surface area contributed by atoms with E-state index < -0.39 is 28.8 Å². The molecule has 0 bridgehead atoms. The van der Waals surface area contributed by atoms with Gasteiger partial charge in [-0.3, -0.25) is 14.5 Å². The van der Waals surface area contributed by atoms with Gasteiger partial charge in [-0.15, -0.1) is 0 Å². The monoisotopic (exact) mass is 477 g/mol. The zero-order chi connectivity index (χ0) is 23.6. The van der Waals surface area contributed by atoms with E-state index in [-0.39, 0.29) is 11.6 Å². The predicted molar refractivity (Wildman–Crippen MR) is 119 cm³/mol. The number of aryl methyl sites for hydroxylation is 1. The molecule has 3 heterocycles. The van der Waals surface area contributed by atoms with Crippen LogP contribution in [0.3, 0.4) is 0 Å². The molecule has 3 aromatic rings. The fourth-order valence-electron chi connectivity index (χ4n) is 4.10. The van der Waals surface area contributed by atoms with Gasteiger partial charge in [-0.25, -0.2) is 0 Å². The van der Waals surface area contributed by atoms with Gasteiger partial charge in [0.15, 0.2) is 5.69 Å². The number of benzene rings is 1. The van der Waals surface area contributed by atoms with Crippen LogP contribution in [0.5, 0.6) is 0 Å². The molecule has 10 heteroatoms. The second-order valence-corrected chi connectivity index (χ2v) is 8.43. The Balaban J connectivity index is 1.67. The van der Waals surface area contributed by atoms with Crippen molar-refractivity contribution >= 4 is 17.5 Å². The van der Waals surface area contributed by atoms with Crippen molar-refractivity contribution in [2.75, 3.05) is 6.54 Å². The van der Waals surface area contributed by atoms with Gasteiger partial charge < -0.3 is 10.6 Å². The number of alkyl halides is 3. The first-order valence-corrected chi connectivity index (χ1v) is 11.0. The van der Waals surface area contributed by atoms with Crippen LogP contribution in [0.25, 0.3) is 11.1 Å². The molecule has 174 valence electrons. The molecular weight excluding hydrogens is 455 g/mol. The highest BCUT2D eigenvalue weighted by molar-refractivity contribution is 6.34. The molecule has 1 aromatic carbocycles. The van der Waals surface area contributed by atoms with Gasteiger partial charge in [0.25, 0.3) is 5.91 Å². The van der Waals surface area contributed by atoms with E-state index >= 15 is 0 Å². The van der Waals surface area contributed by atoms with Crippen molar-refractivity contribution in [3.63, 3.8) is 0 Å². The molecule has 0 radical (unpaired) electrons. The van der Waals surface area contributed by atoms with Gasteiger partial charge in [-0.1, -0.05) is 36.2 Å². The zero-order valence-corrected chi connectivity index (χ0v) is 18.6. The third-order valence-electron chi connectivity index (χ3n) is 5.72. The molecule has 0 saturated carbocycles. The number of rotatable bonds is 5. The van der Waals surface area contributed by atoms with E-state index in [0.29, 0.717) is 0 Å². The number of halogens is 4. The number of aromatic nitrogens is 3. The maximum absolute atomic E-state index is 13.2. The first-order valence-electron chi connectivity index (χ1n) is 10.6. The standard InChI is InChI=1S/C23H23ClF3N5O/c1-32-13-16(12-30-32)14-5-4-6-15(11-14)20(18-7-2-3-9-28-18)31-22(33)17-8-10-29-21(19(17)24)23(25,26)27/h4-6,8,10-13,18,20,28H,2-3,7,9H2,1H3,(H,31,33)/t18-,20?/m0/s1. The van der Waals surface area contributed by atoms with E-state index in [9.17, 15) is 18.0 Å². The van der Waals surface area contributed by atoms with Gasteiger partial charge in [-0.05, 0) is 42.6 Å². The summed E-state index contributed by atoms with van der Waals surface area (Å²) in [6.45, 7) is 0.799. The SMILES string of the molecule is Cn1cc(-c2cccc(C(NC(=O)c3ccnc(C(F)(F)F)c3Cl)[C@@H]3CCCCN3)c2)cn1. The molecule has 1 aliphatic heterocycles. The summed E-state index contributed by atoms with van der Waals surface area (Å²) in [6, 6.07) is 8.36. The molecule has 2 N–H and O–H groups in total. The second-order valence-electron chi connectivity index (χ2n) is 8.05. The lowest BCUT2D eigenvalue weighted by molar-refractivity contribution is -0.141. The van der Waals surface area contributed by atoms with Gasteiger partial charge in [-0.2, -0.15) is 18.3 Å². The molecule has 1 fully saturated rings. The van der Waals surface area contributed by atoms with Crippen LogP contribution in [0.1, 0.15) is 46.9 Å². The lowest BCUT2D eigenvalue weighted by Crippen LogP contribution is -2.46. The van der Waals surface area contributed by atoms with Crippen molar-refractivity contribution in [3.8, 4) is 11.1 Å². The average molecular weight is 478 g/mol. The number of piperidine rings is 1. The molecule has 1 amide bonds. The molecule has 33 heavy (non-hydrogen) atoms. The summed E-state index contributed by atoms with van der Waals surface area (Å²) < 4.78 is 41.4. The number of nitrogens with zero attached hydrogens (tertiary/aromatic N) is 3. The summed E-state index contributed by atoms with van der Waals surface area (Å²) in [5.74, 6) is -0.683. The van der Waals surface area contributed by atoms with Crippen molar-refractivity contribution in [3.05, 3.63) is 70.8 Å². The summed E-state index contributed by atoms with van der Waals surface area (Å²) >= 11 is 5.94. The van der Waals surface area contributed by atoms with Gasteiger partial charge in [0.05, 0.1) is 22.8 Å². The van der Waals surface area contributed by atoms with E-state index in [0.717, 1.165) is 48.7 Å². The number of hydrogen-bond donors (Lipinski definition) is 2. The zero-order valence-electron chi connectivity index (χ0n) is 17.9. The van der Waals surface area contributed by atoms with Crippen LogP contribution in [0.15, 0.2) is 48.9 Å². The smallest absolute Gasteiger partial charge is 0.344 e. The average Bonchev–Trinajstić information content (AvgIpc) is 3.23. The first-order chi connectivity index (χ1) is 15.7. The molecule has 1 unspecified atom stereocenters. The molecule has 1 saturated heterocycles. The van der Waals surface area contributed by atoms with Crippen molar-refractivity contribution in [1.29, 1.82) is 0 Å². The summed E-state index contributed by atoms with van der Waals surface area (Å²) in [6.07, 6.45) is 2.66. The number of pyridine rings is 1. The van der Waals surface area contributed by atoms with Gasteiger partial charge >= 0.3 is 6.18 Å². The number of carbonyl (C=O) groups excluding carboxylic acids is 1. The maximum atomic E-state index is 13.2. The number of hydrogen-bond acceptors (Lipinski definition) is 4. The fraction of sp³-hybridized carbons (Fsp3) is 0.348. The number of nitrogens with one attached hydrogen (secondary N) is 2. The van der Waals surface area contributed by atoms with E-state index in [2.05, 4.69) is 20.7 Å². The largest absolute Gasteiger partial charge is 0.434 e. The Hall–Kier alpha value is -2.91. The minimum atomic E-state index is -4.75. The summed E-state index contributed by atoms with van der Waals surface area (Å²) in [5.41, 5.74) is 1.15. The third kappa shape index (κ3) is 5.20. The van der Waals surface area contributed by atoms with Crippen molar-refractivity contribution < 1.29 is 18.0 Å². The highest BCUT2D eigenvalue weighted by Gasteiger charge is 2.37. The molecular formula is C23H23ClF3N5O. The van der Waals surface area contributed by atoms with E-state index in [1.807, 2.05) is 37.5 Å². The van der Waals surface area contributed by atoms with E-state index in [1.54, 1.807) is 10.9 Å². The topological polar surface area (TPSA) is 71.8 Å². The molecule has 2 aromatic heterocycles. The molecule has 0 aliphatic carbocycles. The normalized spacial score (nSPS) is 17.5. The Labute approximate surface area is 194 Å². The first kappa shape index (κ1) is 23.3. The quantitative estimate of drug-likeness (QED) is 0.555. The van der Waals surface area contributed by atoms with Crippen LogP contribution in [0, 0.1) is 0 Å². The minimum Gasteiger partial charge on any atom is -0.344 e. The van der Waals surface area contributed by atoms with E-state index in [4.69, 9.17) is 11.6 Å². The Morgan fingerprint density at radius 3 is 2.76 bits per heavy atom. The van der Waals surface area contributed by atoms with Crippen molar-refractivity contribution in [2.45, 2.75) is 37.5 Å². The Bertz CT molecular complexity index is 1140. The Morgan fingerprint density at radius 1 is 1.27 bits per heavy atom. The van der Waals surface area contributed by atoms with Crippen LogP contribution < -0.4 is 10.6 Å². The highest BCUT2D eigenvalue weighted by atomic mass is 35.5. The van der Waals surface area contributed by atoms with Crippen LogP contribution in [-0.4, -0.2) is 33.3 Å². The predicted octanol–water partition coefficient (Wildman–Crippen LogP) is 4.77. The molecule has 4 rings (SSSR count). The lowest BCUT2D eigenvalue weighted by Gasteiger charge is -2.32. The third-order valence-corrected chi connectivity index (χ3v) is 6.11. The maximum Gasteiger partial charge on any atom is 0.434 e. The molecule has 0 spiro atoms. The fourth-order valence-corrected chi connectivity index (χ4v) is 4.40.